The van der Waals surface area contributed by atoms with Gasteiger partial charge in [-0.2, -0.15) is 0 Å². The van der Waals surface area contributed by atoms with E-state index >= 15 is 0 Å². The quantitative estimate of drug-likeness (QED) is 0.371. The Kier molecular flexibility index (Phi) is 9.56. The second-order valence-corrected chi connectivity index (χ2v) is 11.6. The molecule has 3 aromatic carbocycles. The Morgan fingerprint density at radius 3 is 2.26 bits per heavy atom. The summed E-state index contributed by atoms with van der Waals surface area (Å²) in [6, 6.07) is 18.0. The first-order chi connectivity index (χ1) is 18.0. The fourth-order valence-corrected chi connectivity index (χ4v) is 6.07. The number of methoxy groups -OCH3 is 1. The van der Waals surface area contributed by atoms with Gasteiger partial charge >= 0.3 is 0 Å². The predicted molar refractivity (Wildman–Crippen MR) is 152 cm³/mol. The molecule has 202 valence electrons. The second-order valence-electron chi connectivity index (χ2n) is 8.88. The van der Waals surface area contributed by atoms with E-state index in [1.165, 1.54) is 31.2 Å². The number of sulfonamides is 1. The Hall–Kier alpha value is -3.37. The molecule has 0 saturated heterocycles. The molecule has 3 rings (SSSR count). The van der Waals surface area contributed by atoms with Crippen LogP contribution in [0.5, 0.6) is 5.75 Å². The zero-order valence-electron chi connectivity index (χ0n) is 22.1. The first kappa shape index (κ1) is 29.2. The number of likely N-dealkylation sites (N-methyl/N-ethyl adjacent to an activating group) is 1. The number of nitrogens with one attached hydrogen (secondary N) is 1. The first-order valence-corrected chi connectivity index (χ1v) is 14.2. The maximum absolute atomic E-state index is 13.9. The van der Waals surface area contributed by atoms with Crippen molar-refractivity contribution in [1.29, 1.82) is 0 Å². The van der Waals surface area contributed by atoms with Crippen LogP contribution in [0.15, 0.2) is 76.1 Å². The molecular weight excluding hydrogens is 570 g/mol. The summed E-state index contributed by atoms with van der Waals surface area (Å²) in [5.74, 6) is -0.387. The number of hydrogen-bond donors (Lipinski definition) is 1. The summed E-state index contributed by atoms with van der Waals surface area (Å²) < 4.78 is 34.6. The third-order valence-corrected chi connectivity index (χ3v) is 8.72. The van der Waals surface area contributed by atoms with Crippen LogP contribution in [-0.4, -0.2) is 51.9 Å². The third kappa shape index (κ3) is 6.54. The van der Waals surface area contributed by atoms with Crippen LogP contribution in [0.1, 0.15) is 23.6 Å². The van der Waals surface area contributed by atoms with Gasteiger partial charge in [-0.05, 0) is 78.2 Å². The van der Waals surface area contributed by atoms with Crippen molar-refractivity contribution in [3.8, 4) is 5.75 Å². The molecule has 0 unspecified atom stereocenters. The average Bonchev–Trinajstić information content (AvgIpc) is 2.90. The van der Waals surface area contributed by atoms with Crippen molar-refractivity contribution in [3.05, 3.63) is 87.9 Å². The van der Waals surface area contributed by atoms with E-state index in [1.54, 1.807) is 37.3 Å². The van der Waals surface area contributed by atoms with Crippen molar-refractivity contribution >= 4 is 43.5 Å². The molecule has 1 N–H and O–H groups in total. The van der Waals surface area contributed by atoms with Gasteiger partial charge in [0.15, 0.2) is 0 Å². The highest BCUT2D eigenvalue weighted by atomic mass is 79.9. The van der Waals surface area contributed by atoms with Crippen LogP contribution >= 0.6 is 15.9 Å². The van der Waals surface area contributed by atoms with Crippen LogP contribution in [0.2, 0.25) is 0 Å². The molecule has 0 aliphatic carbocycles. The van der Waals surface area contributed by atoms with E-state index in [0.29, 0.717) is 15.9 Å². The number of halogens is 1. The summed E-state index contributed by atoms with van der Waals surface area (Å²) >= 11 is 3.35. The van der Waals surface area contributed by atoms with Gasteiger partial charge < -0.3 is 15.0 Å². The van der Waals surface area contributed by atoms with Gasteiger partial charge in [-0.15, -0.1) is 0 Å². The van der Waals surface area contributed by atoms with Gasteiger partial charge in [0.1, 0.15) is 18.3 Å². The summed E-state index contributed by atoms with van der Waals surface area (Å²) in [6.07, 6.45) is 0. The third-order valence-electron chi connectivity index (χ3n) is 6.33. The molecule has 38 heavy (non-hydrogen) atoms. The maximum atomic E-state index is 13.9. The number of hydrogen-bond acceptors (Lipinski definition) is 5. The average molecular weight is 603 g/mol. The molecule has 0 bridgehead atoms. The summed E-state index contributed by atoms with van der Waals surface area (Å²) in [5.41, 5.74) is 3.10. The van der Waals surface area contributed by atoms with Crippen LogP contribution in [0.3, 0.4) is 0 Å². The van der Waals surface area contributed by atoms with Gasteiger partial charge in [-0.3, -0.25) is 13.9 Å². The highest BCUT2D eigenvalue weighted by Gasteiger charge is 2.32. The van der Waals surface area contributed by atoms with E-state index in [2.05, 4.69) is 21.2 Å². The lowest BCUT2D eigenvalue weighted by atomic mass is 10.1. The fourth-order valence-electron chi connectivity index (χ4n) is 3.94. The zero-order valence-corrected chi connectivity index (χ0v) is 24.5. The van der Waals surface area contributed by atoms with Crippen molar-refractivity contribution in [2.24, 2.45) is 0 Å². The van der Waals surface area contributed by atoms with Gasteiger partial charge in [0, 0.05) is 13.6 Å². The Balaban J connectivity index is 2.06. The van der Waals surface area contributed by atoms with Crippen molar-refractivity contribution < 1.29 is 22.7 Å². The van der Waals surface area contributed by atoms with E-state index in [9.17, 15) is 18.0 Å². The summed E-state index contributed by atoms with van der Waals surface area (Å²) in [4.78, 5) is 27.8. The first-order valence-electron chi connectivity index (χ1n) is 12.0. The summed E-state index contributed by atoms with van der Waals surface area (Å²) in [6.45, 7) is 5.09. The van der Waals surface area contributed by atoms with Crippen LogP contribution in [-0.2, 0) is 26.2 Å². The number of carbonyl (C=O) groups is 2. The zero-order chi connectivity index (χ0) is 28.0. The molecular formula is C28H32BrN3O5S. The monoisotopic (exact) mass is 601 g/mol. The Bertz CT molecular complexity index is 1410. The molecule has 0 aromatic heterocycles. The lowest BCUT2D eigenvalue weighted by Crippen LogP contribution is -2.50. The molecule has 0 spiro atoms. The second kappa shape index (κ2) is 12.4. The molecule has 8 nitrogen and oxygen atoms in total. The number of benzene rings is 3. The predicted octanol–water partition coefficient (Wildman–Crippen LogP) is 4.43. The Morgan fingerprint density at radius 2 is 1.68 bits per heavy atom. The van der Waals surface area contributed by atoms with Crippen molar-refractivity contribution in [2.45, 2.75) is 38.3 Å². The minimum atomic E-state index is -4.18. The number of aryl methyl sites for hydroxylation is 2. The minimum Gasteiger partial charge on any atom is -0.496 e. The minimum absolute atomic E-state index is 0.0108. The number of nitrogens with zero attached hydrogens (tertiary/aromatic N) is 2. The van der Waals surface area contributed by atoms with Crippen molar-refractivity contribution in [1.82, 2.24) is 10.2 Å². The summed E-state index contributed by atoms with van der Waals surface area (Å²) in [7, 11) is -1.19. The molecule has 0 saturated carbocycles. The number of carbonyl (C=O) groups excluding carboxylic acids is 2. The normalized spacial score (nSPS) is 11.9. The van der Waals surface area contributed by atoms with Crippen LogP contribution in [0.25, 0.3) is 0 Å². The molecule has 3 aromatic rings. The van der Waals surface area contributed by atoms with Gasteiger partial charge in [-0.25, -0.2) is 8.42 Å². The van der Waals surface area contributed by atoms with Gasteiger partial charge in [0.25, 0.3) is 10.0 Å². The highest BCUT2D eigenvalue weighted by molar-refractivity contribution is 9.10. The van der Waals surface area contributed by atoms with E-state index in [1.807, 2.05) is 38.1 Å². The van der Waals surface area contributed by atoms with Crippen LogP contribution in [0, 0.1) is 13.8 Å². The Morgan fingerprint density at radius 1 is 1.03 bits per heavy atom. The summed E-state index contributed by atoms with van der Waals surface area (Å²) in [5, 5.41) is 2.58. The lowest BCUT2D eigenvalue weighted by molar-refractivity contribution is -0.139. The van der Waals surface area contributed by atoms with Crippen molar-refractivity contribution in [3.63, 3.8) is 0 Å². The lowest BCUT2D eigenvalue weighted by Gasteiger charge is -2.32. The standard InChI is InChI=1S/C28H32BrN3O5S/c1-19-10-12-23(13-11-19)32(38(35,36)24-14-15-26(37-5)25(29)16-24)18-27(33)31(21(3)28(34)30-4)17-22-9-7-6-8-20(22)2/h6-16,21H,17-18H2,1-5H3,(H,30,34)/t21-/m0/s1. The van der Waals surface area contributed by atoms with Crippen LogP contribution < -0.4 is 14.4 Å². The molecule has 0 heterocycles. The molecule has 0 radical (unpaired) electrons. The van der Waals surface area contributed by atoms with E-state index in [0.717, 1.165) is 21.0 Å². The molecule has 0 aliphatic heterocycles. The smallest absolute Gasteiger partial charge is 0.264 e. The maximum Gasteiger partial charge on any atom is 0.264 e. The molecule has 10 heteroatoms. The number of rotatable bonds is 10. The SMILES string of the molecule is CNC(=O)[C@H](C)N(Cc1ccccc1C)C(=O)CN(c1ccc(C)cc1)S(=O)(=O)c1ccc(OC)c(Br)c1. The number of amides is 2. The Labute approximate surface area is 232 Å². The highest BCUT2D eigenvalue weighted by Crippen LogP contribution is 2.31. The number of ether oxygens (including phenoxy) is 1. The van der Waals surface area contributed by atoms with Gasteiger partial charge in [0.2, 0.25) is 11.8 Å². The molecule has 2 amide bonds. The molecule has 1 atom stereocenters. The topological polar surface area (TPSA) is 96.0 Å². The van der Waals surface area contributed by atoms with E-state index in [-0.39, 0.29) is 17.3 Å². The largest absolute Gasteiger partial charge is 0.496 e. The van der Waals surface area contributed by atoms with Gasteiger partial charge in [0.05, 0.1) is 22.2 Å². The molecule has 0 fully saturated rings. The fraction of sp³-hybridized carbons (Fsp3) is 0.286. The van der Waals surface area contributed by atoms with E-state index in [4.69, 9.17) is 4.74 Å². The van der Waals surface area contributed by atoms with E-state index < -0.39 is 28.5 Å². The van der Waals surface area contributed by atoms with Crippen molar-refractivity contribution in [2.75, 3.05) is 25.0 Å². The number of anilines is 1. The van der Waals surface area contributed by atoms with Crippen LogP contribution in [0.4, 0.5) is 5.69 Å². The van der Waals surface area contributed by atoms with Gasteiger partial charge in [-0.1, -0.05) is 42.0 Å². The molecule has 0 aliphatic rings.